The maximum atomic E-state index is 7.07. The number of aliphatic imine (C=N–C) groups is 1. The van der Waals surface area contributed by atoms with E-state index < -0.39 is 0 Å². The van der Waals surface area contributed by atoms with Crippen molar-refractivity contribution in [1.82, 2.24) is 4.90 Å². The van der Waals surface area contributed by atoms with E-state index in [4.69, 9.17) is 5.41 Å². The van der Waals surface area contributed by atoms with Crippen LogP contribution in [0.3, 0.4) is 0 Å². The van der Waals surface area contributed by atoms with Crippen molar-refractivity contribution in [2.75, 3.05) is 20.4 Å². The Bertz CT molecular complexity index is 124. The monoisotopic (exact) mass is 273 g/mol. The summed E-state index contributed by atoms with van der Waals surface area (Å²) in [5.74, 6) is 0. The Labute approximate surface area is 82.8 Å². The zero-order valence-electron chi connectivity index (χ0n) is 6.29. The number of nitrogens with one attached hydrogen (secondary N) is 1. The maximum Gasteiger partial charge on any atom is 0.181 e. The quantitative estimate of drug-likeness (QED) is 0.446. The van der Waals surface area contributed by atoms with Crippen molar-refractivity contribution in [1.29, 1.82) is 5.41 Å². The van der Waals surface area contributed by atoms with Gasteiger partial charge in [0.1, 0.15) is 0 Å². The molecule has 5 heteroatoms. The van der Waals surface area contributed by atoms with Crippen molar-refractivity contribution in [3.8, 4) is 0 Å². The van der Waals surface area contributed by atoms with Crippen LogP contribution >= 0.6 is 35.7 Å². The summed E-state index contributed by atoms with van der Waals surface area (Å²) in [6.45, 7) is 0. The predicted octanol–water partition coefficient (Wildman–Crippen LogP) is 1.49. The molecule has 3 nitrogen and oxygen atoms in total. The van der Waals surface area contributed by atoms with E-state index in [2.05, 4.69) is 4.99 Å². The zero-order chi connectivity index (χ0) is 7.28. The second-order valence-electron chi connectivity index (χ2n) is 1.72. The first-order valence-corrected chi connectivity index (χ1v) is 3.72. The van der Waals surface area contributed by atoms with Gasteiger partial charge in [0.15, 0.2) is 5.17 Å². The van der Waals surface area contributed by atoms with Gasteiger partial charge in [-0.15, -0.1) is 24.0 Å². The number of thioether (sulfide) groups is 1. The molecule has 0 aromatic heterocycles. The summed E-state index contributed by atoms with van der Waals surface area (Å²) in [4.78, 5) is 5.59. The molecule has 60 valence electrons. The minimum absolute atomic E-state index is 0. The van der Waals surface area contributed by atoms with Crippen LogP contribution in [0.25, 0.3) is 0 Å². The first-order valence-electron chi connectivity index (χ1n) is 2.50. The van der Waals surface area contributed by atoms with Crippen LogP contribution < -0.4 is 0 Å². The van der Waals surface area contributed by atoms with Crippen LogP contribution in [0.1, 0.15) is 0 Å². The van der Waals surface area contributed by atoms with Crippen LogP contribution in [-0.2, 0) is 0 Å². The van der Waals surface area contributed by atoms with Crippen molar-refractivity contribution in [3.05, 3.63) is 0 Å². The molecule has 0 atom stereocenters. The van der Waals surface area contributed by atoms with Gasteiger partial charge in [-0.25, -0.2) is 4.99 Å². The molecule has 0 aliphatic rings. The molecule has 0 saturated carbocycles. The number of amidine groups is 1. The van der Waals surface area contributed by atoms with Crippen LogP contribution in [-0.4, -0.2) is 36.8 Å². The lowest BCUT2D eigenvalue weighted by molar-refractivity contribution is 0.644. The van der Waals surface area contributed by atoms with E-state index in [1.54, 1.807) is 11.2 Å². The molecular formula is C5H12IN3S. The highest BCUT2D eigenvalue weighted by Crippen LogP contribution is 1.94. The van der Waals surface area contributed by atoms with E-state index in [0.717, 1.165) is 0 Å². The third-order valence-corrected chi connectivity index (χ3v) is 1.09. The lowest BCUT2D eigenvalue weighted by Crippen LogP contribution is -2.08. The summed E-state index contributed by atoms with van der Waals surface area (Å²) >= 11 is 1.33. The minimum Gasteiger partial charge on any atom is -0.369 e. The van der Waals surface area contributed by atoms with E-state index >= 15 is 0 Å². The molecule has 0 amide bonds. The van der Waals surface area contributed by atoms with Gasteiger partial charge in [0.05, 0.1) is 6.34 Å². The molecule has 0 rings (SSSR count). The van der Waals surface area contributed by atoms with Crippen LogP contribution in [0, 0.1) is 5.41 Å². The van der Waals surface area contributed by atoms with E-state index in [1.165, 1.54) is 11.8 Å². The van der Waals surface area contributed by atoms with E-state index in [1.807, 2.05) is 20.4 Å². The largest absolute Gasteiger partial charge is 0.369 e. The van der Waals surface area contributed by atoms with Crippen LogP contribution in [0.5, 0.6) is 0 Å². The highest BCUT2D eigenvalue weighted by Gasteiger charge is 1.84. The first-order chi connectivity index (χ1) is 4.16. The zero-order valence-corrected chi connectivity index (χ0v) is 9.44. The Hall–Kier alpha value is 0.220. The Morgan fingerprint density at radius 3 is 2.40 bits per heavy atom. The Kier molecular flexibility index (Phi) is 9.42. The molecule has 0 aliphatic heterocycles. The lowest BCUT2D eigenvalue weighted by atomic mass is 10.9. The van der Waals surface area contributed by atoms with Crippen LogP contribution in [0.2, 0.25) is 0 Å². The lowest BCUT2D eigenvalue weighted by Gasteiger charge is -2.00. The summed E-state index contributed by atoms with van der Waals surface area (Å²) in [6.07, 6.45) is 3.44. The van der Waals surface area contributed by atoms with Gasteiger partial charge < -0.3 is 4.90 Å². The SMILES string of the molecule is CSC(=N)/N=C/N(C)C.I. The fraction of sp³-hybridized carbons (Fsp3) is 0.600. The predicted molar refractivity (Wildman–Crippen MR) is 58.8 cm³/mol. The highest BCUT2D eigenvalue weighted by molar-refractivity contribution is 14.0. The molecule has 0 saturated heterocycles. The minimum atomic E-state index is 0. The number of hydrogen-bond acceptors (Lipinski definition) is 2. The molecule has 0 radical (unpaired) electrons. The van der Waals surface area contributed by atoms with Gasteiger partial charge in [0.2, 0.25) is 0 Å². The summed E-state index contributed by atoms with van der Waals surface area (Å²) in [6, 6.07) is 0. The average Bonchev–Trinajstić information content (AvgIpc) is 1.83. The van der Waals surface area contributed by atoms with Gasteiger partial charge in [0, 0.05) is 14.1 Å². The first kappa shape index (κ1) is 12.9. The normalized spacial score (nSPS) is 9.10. The second-order valence-corrected chi connectivity index (χ2v) is 2.51. The number of halogens is 1. The molecule has 0 spiro atoms. The van der Waals surface area contributed by atoms with Crippen LogP contribution in [0.15, 0.2) is 4.99 Å². The Balaban J connectivity index is 0. The van der Waals surface area contributed by atoms with Crippen molar-refractivity contribution in [2.24, 2.45) is 4.99 Å². The summed E-state index contributed by atoms with van der Waals surface area (Å²) < 4.78 is 0. The fourth-order valence-electron chi connectivity index (χ4n) is 0.221. The van der Waals surface area contributed by atoms with Crippen LogP contribution in [0.4, 0.5) is 0 Å². The van der Waals surface area contributed by atoms with E-state index in [9.17, 15) is 0 Å². The molecule has 0 heterocycles. The molecule has 1 N–H and O–H groups in total. The van der Waals surface area contributed by atoms with Crippen molar-refractivity contribution in [2.45, 2.75) is 0 Å². The highest BCUT2D eigenvalue weighted by atomic mass is 127. The van der Waals surface area contributed by atoms with Gasteiger partial charge in [-0.05, 0) is 6.26 Å². The second kappa shape index (κ2) is 7.33. The van der Waals surface area contributed by atoms with Crippen molar-refractivity contribution in [3.63, 3.8) is 0 Å². The maximum absolute atomic E-state index is 7.07. The Morgan fingerprint density at radius 1 is 1.60 bits per heavy atom. The van der Waals surface area contributed by atoms with Gasteiger partial charge in [-0.3, -0.25) is 5.41 Å². The molecule has 0 bridgehead atoms. The number of nitrogens with zero attached hydrogens (tertiary/aromatic N) is 2. The topological polar surface area (TPSA) is 39.5 Å². The molecule has 0 aliphatic carbocycles. The molecule has 0 aromatic carbocycles. The van der Waals surface area contributed by atoms with Gasteiger partial charge in [-0.1, -0.05) is 11.8 Å². The van der Waals surface area contributed by atoms with Crippen molar-refractivity contribution < 1.29 is 0 Å². The van der Waals surface area contributed by atoms with Crippen molar-refractivity contribution >= 4 is 47.2 Å². The van der Waals surface area contributed by atoms with E-state index in [-0.39, 0.29) is 24.0 Å². The standard InChI is InChI=1S/C5H11N3S.HI/c1-8(2)4-7-5(6)9-3;/h4,6H,1-3H3;1H/b6-5?,7-4+;. The van der Waals surface area contributed by atoms with Gasteiger partial charge in [0.25, 0.3) is 0 Å². The average molecular weight is 273 g/mol. The third kappa shape index (κ3) is 8.22. The fourth-order valence-corrected chi connectivity index (χ4v) is 0.373. The third-order valence-electron chi connectivity index (χ3n) is 0.599. The van der Waals surface area contributed by atoms with Gasteiger partial charge >= 0.3 is 0 Å². The number of rotatable bonds is 1. The smallest absolute Gasteiger partial charge is 0.181 e. The molecule has 0 unspecified atom stereocenters. The molecule has 0 fully saturated rings. The molecular weight excluding hydrogens is 261 g/mol. The van der Waals surface area contributed by atoms with Gasteiger partial charge in [-0.2, -0.15) is 0 Å². The summed E-state index contributed by atoms with van der Waals surface area (Å²) in [5, 5.41) is 7.41. The summed E-state index contributed by atoms with van der Waals surface area (Å²) in [7, 11) is 3.74. The Morgan fingerprint density at radius 2 is 2.10 bits per heavy atom. The van der Waals surface area contributed by atoms with E-state index in [0.29, 0.717) is 5.17 Å². The molecule has 10 heavy (non-hydrogen) atoms. The molecule has 0 aromatic rings. The number of hydrogen-bond donors (Lipinski definition) is 1. The summed E-state index contributed by atoms with van der Waals surface area (Å²) in [5.41, 5.74) is 0.